The van der Waals surface area contributed by atoms with Crippen LogP contribution < -0.4 is 4.90 Å². The highest BCUT2D eigenvalue weighted by Crippen LogP contribution is 2.27. The predicted octanol–water partition coefficient (Wildman–Crippen LogP) is 3.77. The third kappa shape index (κ3) is 2.76. The Hall–Kier alpha value is -1.87. The fourth-order valence-corrected chi connectivity index (χ4v) is 2.37. The van der Waals surface area contributed by atoms with Gasteiger partial charge in [-0.2, -0.15) is 0 Å². The third-order valence-corrected chi connectivity index (χ3v) is 3.42. The molecule has 2 aromatic rings. The number of hydrogen-bond donors (Lipinski definition) is 0. The first-order chi connectivity index (χ1) is 9.33. The van der Waals surface area contributed by atoms with Crippen LogP contribution in [0.3, 0.4) is 0 Å². The van der Waals surface area contributed by atoms with Crippen LogP contribution in [0.4, 0.5) is 5.82 Å². The third-order valence-electron chi connectivity index (χ3n) is 3.21. The molecule has 0 spiro atoms. The number of aromatic nitrogens is 2. The molecule has 4 heteroatoms. The van der Waals surface area contributed by atoms with Crippen LogP contribution in [0.2, 0.25) is 5.15 Å². The standard InChI is InChI=1S/C15H14ClN3/c16-14-8-9-15(18-17-14)19-10-4-7-13(11-19)12-5-2-1-3-6-12/h1-3,5-6,8-9,11H,4,7,10H2. The van der Waals surface area contributed by atoms with Crippen molar-refractivity contribution < 1.29 is 0 Å². The van der Waals surface area contributed by atoms with Gasteiger partial charge >= 0.3 is 0 Å². The lowest BCUT2D eigenvalue weighted by molar-refractivity contribution is 0.781. The van der Waals surface area contributed by atoms with Gasteiger partial charge in [0.1, 0.15) is 0 Å². The maximum absolute atomic E-state index is 5.77. The van der Waals surface area contributed by atoms with Crippen LogP contribution in [0.25, 0.3) is 5.57 Å². The van der Waals surface area contributed by atoms with Crippen LogP contribution in [0.5, 0.6) is 0 Å². The summed E-state index contributed by atoms with van der Waals surface area (Å²) in [5, 5.41) is 8.45. The summed E-state index contributed by atoms with van der Waals surface area (Å²) in [6.07, 6.45) is 4.38. The van der Waals surface area contributed by atoms with Crippen LogP contribution in [-0.4, -0.2) is 16.7 Å². The van der Waals surface area contributed by atoms with E-state index in [1.807, 2.05) is 12.1 Å². The summed E-state index contributed by atoms with van der Waals surface area (Å²) in [6, 6.07) is 14.1. The van der Waals surface area contributed by atoms with Crippen molar-refractivity contribution in [3.63, 3.8) is 0 Å². The van der Waals surface area contributed by atoms with E-state index in [9.17, 15) is 0 Å². The van der Waals surface area contributed by atoms with E-state index in [1.165, 1.54) is 11.1 Å². The van der Waals surface area contributed by atoms with Crippen molar-refractivity contribution in [2.24, 2.45) is 0 Å². The molecule has 1 aliphatic heterocycles. The van der Waals surface area contributed by atoms with Crippen molar-refractivity contribution in [3.05, 3.63) is 59.4 Å². The van der Waals surface area contributed by atoms with E-state index in [1.54, 1.807) is 6.07 Å². The minimum Gasteiger partial charge on any atom is -0.331 e. The van der Waals surface area contributed by atoms with Crippen LogP contribution in [-0.2, 0) is 0 Å². The summed E-state index contributed by atoms with van der Waals surface area (Å²) in [5.74, 6) is 0.845. The lowest BCUT2D eigenvalue weighted by atomic mass is 9.99. The average Bonchev–Trinajstić information content (AvgIpc) is 2.49. The number of anilines is 1. The molecule has 1 aliphatic rings. The molecule has 0 N–H and O–H groups in total. The van der Waals surface area contributed by atoms with Crippen LogP contribution in [0, 0.1) is 0 Å². The van der Waals surface area contributed by atoms with Gasteiger partial charge in [0.15, 0.2) is 11.0 Å². The zero-order valence-corrected chi connectivity index (χ0v) is 11.2. The second-order valence-corrected chi connectivity index (χ2v) is 4.92. The van der Waals surface area contributed by atoms with E-state index < -0.39 is 0 Å². The van der Waals surface area contributed by atoms with Gasteiger partial charge in [0.05, 0.1) is 0 Å². The molecule has 0 saturated heterocycles. The molecule has 0 fully saturated rings. The van der Waals surface area contributed by atoms with E-state index in [4.69, 9.17) is 11.6 Å². The van der Waals surface area contributed by atoms with Crippen LogP contribution in [0.1, 0.15) is 18.4 Å². The highest BCUT2D eigenvalue weighted by molar-refractivity contribution is 6.29. The molecule has 2 heterocycles. The lowest BCUT2D eigenvalue weighted by Gasteiger charge is -2.25. The maximum atomic E-state index is 5.77. The van der Waals surface area contributed by atoms with Crippen molar-refractivity contribution in [2.75, 3.05) is 11.4 Å². The zero-order valence-electron chi connectivity index (χ0n) is 10.5. The van der Waals surface area contributed by atoms with Gasteiger partial charge in [-0.1, -0.05) is 41.9 Å². The van der Waals surface area contributed by atoms with Gasteiger partial charge in [-0.25, -0.2) is 0 Å². The summed E-state index contributed by atoms with van der Waals surface area (Å²) in [5.41, 5.74) is 2.61. The Morgan fingerprint density at radius 1 is 1.00 bits per heavy atom. The fourth-order valence-electron chi connectivity index (χ4n) is 2.27. The quantitative estimate of drug-likeness (QED) is 0.833. The van der Waals surface area contributed by atoms with Gasteiger partial charge in [0.2, 0.25) is 0 Å². The summed E-state index contributed by atoms with van der Waals surface area (Å²) in [6.45, 7) is 0.965. The number of allylic oxidation sites excluding steroid dienone is 1. The van der Waals surface area contributed by atoms with E-state index in [0.717, 1.165) is 25.2 Å². The Bertz CT molecular complexity index is 578. The topological polar surface area (TPSA) is 29.0 Å². The van der Waals surface area contributed by atoms with Crippen molar-refractivity contribution in [3.8, 4) is 0 Å². The lowest BCUT2D eigenvalue weighted by Crippen LogP contribution is -2.23. The first-order valence-electron chi connectivity index (χ1n) is 6.35. The largest absolute Gasteiger partial charge is 0.331 e. The molecule has 0 atom stereocenters. The highest BCUT2D eigenvalue weighted by Gasteiger charge is 2.14. The molecule has 1 aromatic carbocycles. The number of rotatable bonds is 2. The van der Waals surface area contributed by atoms with Crippen molar-refractivity contribution in [2.45, 2.75) is 12.8 Å². The molecule has 19 heavy (non-hydrogen) atoms. The first-order valence-corrected chi connectivity index (χ1v) is 6.73. The molecule has 96 valence electrons. The molecule has 0 saturated carbocycles. The summed E-state index contributed by atoms with van der Waals surface area (Å²) in [4.78, 5) is 2.13. The second kappa shape index (κ2) is 5.41. The molecule has 3 rings (SSSR count). The molecular formula is C15H14ClN3. The van der Waals surface area contributed by atoms with Crippen molar-refractivity contribution in [1.29, 1.82) is 0 Å². The molecule has 0 aliphatic carbocycles. The molecule has 3 nitrogen and oxygen atoms in total. The summed E-state index contributed by atoms with van der Waals surface area (Å²) in [7, 11) is 0. The van der Waals surface area contributed by atoms with E-state index in [2.05, 4.69) is 45.6 Å². The van der Waals surface area contributed by atoms with Crippen LogP contribution in [0.15, 0.2) is 48.7 Å². The molecule has 1 aromatic heterocycles. The Labute approximate surface area is 117 Å². The SMILES string of the molecule is Clc1ccc(N2C=C(c3ccccc3)CCC2)nn1. The molecule has 0 radical (unpaired) electrons. The molecular weight excluding hydrogens is 258 g/mol. The zero-order chi connectivity index (χ0) is 13.1. The number of halogens is 1. The van der Waals surface area contributed by atoms with Gasteiger partial charge in [-0.3, -0.25) is 0 Å². The van der Waals surface area contributed by atoms with Gasteiger partial charge in [0, 0.05) is 12.7 Å². The van der Waals surface area contributed by atoms with Crippen LogP contribution >= 0.6 is 11.6 Å². The van der Waals surface area contributed by atoms with Crippen molar-refractivity contribution >= 4 is 23.0 Å². The molecule has 0 unspecified atom stereocenters. The molecule has 0 bridgehead atoms. The normalized spacial score (nSPS) is 15.2. The number of hydrogen-bond acceptors (Lipinski definition) is 3. The Morgan fingerprint density at radius 2 is 1.84 bits per heavy atom. The Kier molecular flexibility index (Phi) is 3.47. The minimum absolute atomic E-state index is 0.424. The van der Waals surface area contributed by atoms with E-state index >= 15 is 0 Å². The van der Waals surface area contributed by atoms with Gasteiger partial charge < -0.3 is 4.90 Å². The average molecular weight is 272 g/mol. The Balaban J connectivity index is 1.90. The number of nitrogens with zero attached hydrogens (tertiary/aromatic N) is 3. The maximum Gasteiger partial charge on any atom is 0.155 e. The van der Waals surface area contributed by atoms with Gasteiger partial charge in [0.25, 0.3) is 0 Å². The highest BCUT2D eigenvalue weighted by atomic mass is 35.5. The smallest absolute Gasteiger partial charge is 0.155 e. The van der Waals surface area contributed by atoms with Crippen molar-refractivity contribution in [1.82, 2.24) is 10.2 Å². The fraction of sp³-hybridized carbons (Fsp3) is 0.200. The van der Waals surface area contributed by atoms with E-state index in [-0.39, 0.29) is 0 Å². The predicted molar refractivity (Wildman–Crippen MR) is 78.0 cm³/mol. The Morgan fingerprint density at radius 3 is 2.58 bits per heavy atom. The van der Waals surface area contributed by atoms with Gasteiger partial charge in [-0.15, -0.1) is 10.2 Å². The summed E-state index contributed by atoms with van der Waals surface area (Å²) >= 11 is 5.77. The minimum atomic E-state index is 0.424. The first kappa shape index (κ1) is 12.2. The second-order valence-electron chi connectivity index (χ2n) is 4.53. The summed E-state index contributed by atoms with van der Waals surface area (Å²) < 4.78 is 0. The molecule has 0 amide bonds. The van der Waals surface area contributed by atoms with E-state index in [0.29, 0.717) is 5.15 Å². The number of benzene rings is 1. The van der Waals surface area contributed by atoms with Gasteiger partial charge in [-0.05, 0) is 36.1 Å². The monoisotopic (exact) mass is 271 g/mol.